The maximum absolute atomic E-state index is 10.7. The van der Waals surface area contributed by atoms with Gasteiger partial charge in [0.05, 0.1) is 0 Å². The minimum absolute atomic E-state index is 0.385. The van der Waals surface area contributed by atoms with Crippen LogP contribution in [0.25, 0.3) is 0 Å². The molecule has 1 aliphatic carbocycles. The summed E-state index contributed by atoms with van der Waals surface area (Å²) in [7, 11) is 0. The van der Waals surface area contributed by atoms with Gasteiger partial charge in [0.15, 0.2) is 0 Å². The Bertz CT molecular complexity index is 177. The summed E-state index contributed by atoms with van der Waals surface area (Å²) in [4.78, 5) is 10.7. The monoisotopic (exact) mass is 136 g/mol. The van der Waals surface area contributed by atoms with Crippen LogP contribution in [0.1, 0.15) is 25.7 Å². The Morgan fingerprint density at radius 1 is 1.50 bits per heavy atom. The molecule has 0 N–H and O–H groups in total. The van der Waals surface area contributed by atoms with E-state index in [1.165, 1.54) is 5.57 Å². The molecule has 1 aliphatic rings. The van der Waals surface area contributed by atoms with Gasteiger partial charge in [0, 0.05) is 12.8 Å². The molecular weight excluding hydrogens is 124 g/mol. The molecule has 0 atom stereocenters. The normalized spacial score (nSPS) is 22.0. The van der Waals surface area contributed by atoms with Crippen LogP contribution < -0.4 is 0 Å². The molecule has 1 saturated carbocycles. The zero-order valence-electron chi connectivity index (χ0n) is 6.10. The lowest BCUT2D eigenvalue weighted by molar-refractivity contribution is -0.117. The number of rotatable bonds is 2. The largest absolute Gasteiger partial charge is 0.299 e. The van der Waals surface area contributed by atoms with Crippen LogP contribution >= 0.6 is 0 Å². The summed E-state index contributed by atoms with van der Waals surface area (Å²) >= 11 is 0. The zero-order valence-corrected chi connectivity index (χ0v) is 6.10. The van der Waals surface area contributed by atoms with Crippen LogP contribution in [0.3, 0.4) is 0 Å². The number of hydrogen-bond donors (Lipinski definition) is 0. The predicted octanol–water partition coefficient (Wildman–Crippen LogP) is 2.24. The second-order valence-electron chi connectivity index (χ2n) is 2.60. The summed E-state index contributed by atoms with van der Waals surface area (Å²) in [5.74, 6) is 0.385. The molecule has 0 aromatic carbocycles. The van der Waals surface area contributed by atoms with Crippen molar-refractivity contribution in [1.82, 2.24) is 0 Å². The fourth-order valence-electron chi connectivity index (χ4n) is 1.15. The molecule has 0 aromatic rings. The van der Waals surface area contributed by atoms with E-state index < -0.39 is 0 Å². The minimum atomic E-state index is 0.385. The van der Waals surface area contributed by atoms with Crippen LogP contribution in [0.4, 0.5) is 0 Å². The number of allylic oxidation sites excluding steroid dienone is 3. The molecule has 10 heavy (non-hydrogen) atoms. The van der Waals surface area contributed by atoms with Gasteiger partial charge in [-0.05, 0) is 12.8 Å². The Kier molecular flexibility index (Phi) is 2.43. The van der Waals surface area contributed by atoms with Crippen molar-refractivity contribution in [2.24, 2.45) is 0 Å². The highest BCUT2D eigenvalue weighted by atomic mass is 16.1. The highest BCUT2D eigenvalue weighted by Gasteiger charge is 2.13. The van der Waals surface area contributed by atoms with E-state index in [2.05, 4.69) is 12.7 Å². The molecule has 1 nitrogen and oxygen atoms in total. The first-order valence-corrected chi connectivity index (χ1v) is 3.63. The van der Waals surface area contributed by atoms with Crippen LogP contribution in [0.5, 0.6) is 0 Å². The first-order chi connectivity index (χ1) is 4.83. The van der Waals surface area contributed by atoms with Crippen molar-refractivity contribution in [2.45, 2.75) is 25.7 Å². The highest BCUT2D eigenvalue weighted by molar-refractivity contribution is 5.84. The Balaban J connectivity index is 2.43. The summed E-state index contributed by atoms with van der Waals surface area (Å²) in [5.41, 5.74) is 1.30. The summed E-state index contributed by atoms with van der Waals surface area (Å²) in [6.07, 6.45) is 7.29. The second-order valence-corrected chi connectivity index (χ2v) is 2.60. The summed E-state index contributed by atoms with van der Waals surface area (Å²) in [6, 6.07) is 0. The van der Waals surface area contributed by atoms with Gasteiger partial charge in [-0.3, -0.25) is 4.79 Å². The second kappa shape index (κ2) is 3.35. The van der Waals surface area contributed by atoms with Gasteiger partial charge in [0.1, 0.15) is 5.78 Å². The van der Waals surface area contributed by atoms with E-state index in [-0.39, 0.29) is 0 Å². The van der Waals surface area contributed by atoms with Crippen LogP contribution in [-0.2, 0) is 4.79 Å². The standard InChI is InChI=1S/C9H12O/c1-2-3-4-8-5-6-9(10)7-8/h2,4H,1,3,5-7H2/b8-4+. The van der Waals surface area contributed by atoms with E-state index in [1.807, 2.05) is 6.08 Å². The third kappa shape index (κ3) is 1.83. The number of carbonyl (C=O) groups is 1. The van der Waals surface area contributed by atoms with Gasteiger partial charge in [0.25, 0.3) is 0 Å². The third-order valence-electron chi connectivity index (χ3n) is 1.72. The molecule has 0 spiro atoms. The predicted molar refractivity (Wildman–Crippen MR) is 41.8 cm³/mol. The van der Waals surface area contributed by atoms with Crippen molar-refractivity contribution in [3.8, 4) is 0 Å². The third-order valence-corrected chi connectivity index (χ3v) is 1.72. The van der Waals surface area contributed by atoms with Crippen molar-refractivity contribution >= 4 is 5.78 Å². The Labute approximate surface area is 61.4 Å². The minimum Gasteiger partial charge on any atom is -0.299 e. The molecule has 0 bridgehead atoms. The quantitative estimate of drug-likeness (QED) is 0.532. The number of carbonyl (C=O) groups excluding carboxylic acids is 1. The van der Waals surface area contributed by atoms with Gasteiger partial charge in [-0.2, -0.15) is 0 Å². The average Bonchev–Trinajstić information content (AvgIpc) is 2.31. The van der Waals surface area contributed by atoms with Gasteiger partial charge >= 0.3 is 0 Å². The van der Waals surface area contributed by atoms with E-state index in [0.29, 0.717) is 12.2 Å². The topological polar surface area (TPSA) is 17.1 Å². The number of hydrogen-bond acceptors (Lipinski definition) is 1. The van der Waals surface area contributed by atoms with Crippen LogP contribution in [0.15, 0.2) is 24.3 Å². The first kappa shape index (κ1) is 7.26. The molecule has 0 amide bonds. The molecule has 0 radical (unpaired) electrons. The molecule has 54 valence electrons. The van der Waals surface area contributed by atoms with Gasteiger partial charge < -0.3 is 0 Å². The van der Waals surface area contributed by atoms with Crippen LogP contribution in [0, 0.1) is 0 Å². The van der Waals surface area contributed by atoms with E-state index in [9.17, 15) is 4.79 Å². The Morgan fingerprint density at radius 2 is 2.30 bits per heavy atom. The Hall–Kier alpha value is -0.850. The van der Waals surface area contributed by atoms with Crippen molar-refractivity contribution < 1.29 is 4.79 Å². The maximum Gasteiger partial charge on any atom is 0.137 e. The lowest BCUT2D eigenvalue weighted by Crippen LogP contribution is -1.83. The summed E-state index contributed by atoms with van der Waals surface area (Å²) in [5, 5.41) is 0. The average molecular weight is 136 g/mol. The number of Topliss-reactive ketones (excluding diaryl/α,β-unsaturated/α-hetero) is 1. The van der Waals surface area contributed by atoms with E-state index in [1.54, 1.807) is 0 Å². The fourth-order valence-corrected chi connectivity index (χ4v) is 1.15. The molecule has 0 saturated heterocycles. The van der Waals surface area contributed by atoms with Gasteiger partial charge in [-0.1, -0.05) is 17.7 Å². The molecule has 0 heterocycles. The van der Waals surface area contributed by atoms with E-state index >= 15 is 0 Å². The zero-order chi connectivity index (χ0) is 7.40. The highest BCUT2D eigenvalue weighted by Crippen LogP contribution is 2.20. The molecule has 0 aromatic heterocycles. The van der Waals surface area contributed by atoms with Crippen LogP contribution in [0.2, 0.25) is 0 Å². The molecular formula is C9H12O. The van der Waals surface area contributed by atoms with E-state index in [0.717, 1.165) is 19.3 Å². The van der Waals surface area contributed by atoms with Crippen molar-refractivity contribution in [3.05, 3.63) is 24.3 Å². The van der Waals surface area contributed by atoms with Gasteiger partial charge in [0.2, 0.25) is 0 Å². The van der Waals surface area contributed by atoms with Crippen molar-refractivity contribution in [1.29, 1.82) is 0 Å². The molecule has 0 aliphatic heterocycles. The summed E-state index contributed by atoms with van der Waals surface area (Å²) in [6.45, 7) is 3.61. The smallest absolute Gasteiger partial charge is 0.137 e. The fraction of sp³-hybridized carbons (Fsp3) is 0.444. The number of ketones is 1. The summed E-state index contributed by atoms with van der Waals surface area (Å²) < 4.78 is 0. The van der Waals surface area contributed by atoms with Crippen LogP contribution in [-0.4, -0.2) is 5.78 Å². The van der Waals surface area contributed by atoms with Crippen molar-refractivity contribution in [3.63, 3.8) is 0 Å². The van der Waals surface area contributed by atoms with Gasteiger partial charge in [-0.15, -0.1) is 6.58 Å². The molecule has 1 fully saturated rings. The maximum atomic E-state index is 10.7. The molecule has 1 heteroatoms. The Morgan fingerprint density at radius 3 is 2.80 bits per heavy atom. The SMILES string of the molecule is C=CC/C=C1\CCC(=O)C1. The van der Waals surface area contributed by atoms with Crippen molar-refractivity contribution in [2.75, 3.05) is 0 Å². The first-order valence-electron chi connectivity index (χ1n) is 3.63. The molecule has 1 rings (SSSR count). The molecule has 0 unspecified atom stereocenters. The lowest BCUT2D eigenvalue weighted by Gasteiger charge is -1.88. The lowest BCUT2D eigenvalue weighted by atomic mass is 10.2. The van der Waals surface area contributed by atoms with Gasteiger partial charge in [-0.25, -0.2) is 0 Å². The van der Waals surface area contributed by atoms with E-state index in [4.69, 9.17) is 0 Å².